The standard InChI is InChI=1S/C25H29N3O3/c1-27(20-10-6-3-7-11-20)16-25(29)28-22(15-21(26-28)18-8-4-2-5-9-18)19-12-13-23-24(14-19)31-17-30-23/h2,4-5,8-9,12-14,20,22H,3,6-7,10-11,15-17H2,1H3. The first-order chi connectivity index (χ1) is 15.2. The van der Waals surface area contributed by atoms with Crippen LogP contribution in [-0.2, 0) is 4.79 Å². The summed E-state index contributed by atoms with van der Waals surface area (Å²) < 4.78 is 11.0. The van der Waals surface area contributed by atoms with E-state index in [1.54, 1.807) is 5.01 Å². The molecule has 2 aromatic carbocycles. The predicted molar refractivity (Wildman–Crippen MR) is 119 cm³/mol. The minimum Gasteiger partial charge on any atom is -0.454 e. The molecule has 6 nitrogen and oxygen atoms in total. The number of hydrazone groups is 1. The van der Waals surface area contributed by atoms with Crippen molar-refractivity contribution in [3.63, 3.8) is 0 Å². The molecule has 6 heteroatoms. The van der Waals surface area contributed by atoms with E-state index in [2.05, 4.69) is 24.1 Å². The Balaban J connectivity index is 1.40. The van der Waals surface area contributed by atoms with Gasteiger partial charge in [-0.3, -0.25) is 9.69 Å². The summed E-state index contributed by atoms with van der Waals surface area (Å²) in [7, 11) is 2.07. The maximum Gasteiger partial charge on any atom is 0.257 e. The summed E-state index contributed by atoms with van der Waals surface area (Å²) in [4.78, 5) is 15.6. The van der Waals surface area contributed by atoms with Crippen molar-refractivity contribution in [2.75, 3.05) is 20.4 Å². The monoisotopic (exact) mass is 419 g/mol. The summed E-state index contributed by atoms with van der Waals surface area (Å²) in [6, 6.07) is 16.4. The molecule has 1 amide bonds. The van der Waals surface area contributed by atoms with Crippen LogP contribution in [0.25, 0.3) is 0 Å². The maximum absolute atomic E-state index is 13.4. The Labute approximate surface area is 183 Å². The van der Waals surface area contributed by atoms with E-state index in [1.807, 2.05) is 36.4 Å². The summed E-state index contributed by atoms with van der Waals surface area (Å²) in [6.07, 6.45) is 6.84. The lowest BCUT2D eigenvalue weighted by molar-refractivity contribution is -0.134. The fourth-order valence-corrected chi connectivity index (χ4v) is 4.86. The van der Waals surface area contributed by atoms with Crippen LogP contribution >= 0.6 is 0 Å². The average Bonchev–Trinajstić information content (AvgIpc) is 3.47. The lowest BCUT2D eigenvalue weighted by Gasteiger charge is -2.32. The van der Waals surface area contributed by atoms with Gasteiger partial charge in [0.1, 0.15) is 0 Å². The fourth-order valence-electron chi connectivity index (χ4n) is 4.86. The number of carbonyl (C=O) groups is 1. The van der Waals surface area contributed by atoms with Crippen molar-refractivity contribution in [1.29, 1.82) is 0 Å². The van der Waals surface area contributed by atoms with Crippen LogP contribution in [0.3, 0.4) is 0 Å². The number of fused-ring (bicyclic) bond motifs is 1. The Bertz CT molecular complexity index is 969. The molecule has 1 unspecified atom stereocenters. The maximum atomic E-state index is 13.4. The van der Waals surface area contributed by atoms with Gasteiger partial charge in [0.25, 0.3) is 5.91 Å². The van der Waals surface area contributed by atoms with E-state index in [-0.39, 0.29) is 18.7 Å². The Morgan fingerprint density at radius 1 is 1.06 bits per heavy atom. The molecule has 1 fully saturated rings. The van der Waals surface area contributed by atoms with Crippen molar-refractivity contribution in [1.82, 2.24) is 9.91 Å². The number of hydrogen-bond acceptors (Lipinski definition) is 5. The molecule has 31 heavy (non-hydrogen) atoms. The van der Waals surface area contributed by atoms with Crippen LogP contribution in [-0.4, -0.2) is 48.0 Å². The number of hydrogen-bond donors (Lipinski definition) is 0. The minimum absolute atomic E-state index is 0.0432. The molecule has 1 atom stereocenters. The average molecular weight is 420 g/mol. The van der Waals surface area contributed by atoms with Gasteiger partial charge >= 0.3 is 0 Å². The molecule has 1 saturated carbocycles. The lowest BCUT2D eigenvalue weighted by Crippen LogP contribution is -2.41. The third kappa shape index (κ3) is 4.17. The lowest BCUT2D eigenvalue weighted by atomic mass is 9.94. The second-order valence-corrected chi connectivity index (χ2v) is 8.69. The number of rotatable bonds is 5. The highest BCUT2D eigenvalue weighted by molar-refractivity contribution is 6.03. The smallest absolute Gasteiger partial charge is 0.257 e. The molecule has 2 heterocycles. The van der Waals surface area contributed by atoms with Crippen LogP contribution in [0.5, 0.6) is 11.5 Å². The molecular weight excluding hydrogens is 390 g/mol. The summed E-state index contributed by atoms with van der Waals surface area (Å²) in [5, 5.41) is 6.50. The van der Waals surface area contributed by atoms with Crippen molar-refractivity contribution < 1.29 is 14.3 Å². The second kappa shape index (κ2) is 8.71. The topological polar surface area (TPSA) is 54.4 Å². The molecule has 0 spiro atoms. The summed E-state index contributed by atoms with van der Waals surface area (Å²) in [5.74, 6) is 1.53. The van der Waals surface area contributed by atoms with Gasteiger partial charge in [-0.1, -0.05) is 55.7 Å². The third-order valence-corrected chi connectivity index (χ3v) is 6.64. The number of carbonyl (C=O) groups excluding carboxylic acids is 1. The second-order valence-electron chi connectivity index (χ2n) is 8.69. The van der Waals surface area contributed by atoms with Gasteiger partial charge < -0.3 is 9.47 Å². The molecule has 3 aliphatic rings. The van der Waals surface area contributed by atoms with E-state index in [9.17, 15) is 4.79 Å². The van der Waals surface area contributed by atoms with Crippen LogP contribution in [0.2, 0.25) is 0 Å². The fraction of sp³-hybridized carbons (Fsp3) is 0.440. The molecule has 0 radical (unpaired) electrons. The number of benzene rings is 2. The Kier molecular flexibility index (Phi) is 5.64. The largest absolute Gasteiger partial charge is 0.454 e. The SMILES string of the molecule is CN(CC(=O)N1N=C(c2ccccc2)CC1c1ccc2c(c1)OCO2)C1CCCCC1. The van der Waals surface area contributed by atoms with Gasteiger partial charge in [0.05, 0.1) is 18.3 Å². The van der Waals surface area contributed by atoms with Crippen LogP contribution in [0.15, 0.2) is 53.6 Å². The zero-order chi connectivity index (χ0) is 21.2. The number of amides is 1. The van der Waals surface area contributed by atoms with Crippen molar-refractivity contribution >= 4 is 11.6 Å². The number of ether oxygens (including phenoxy) is 2. The summed E-state index contributed by atoms with van der Waals surface area (Å²) in [5.41, 5.74) is 3.02. The number of nitrogens with zero attached hydrogens (tertiary/aromatic N) is 3. The molecule has 162 valence electrons. The van der Waals surface area contributed by atoms with E-state index >= 15 is 0 Å². The third-order valence-electron chi connectivity index (χ3n) is 6.64. The van der Waals surface area contributed by atoms with E-state index in [0.717, 1.165) is 28.3 Å². The summed E-state index contributed by atoms with van der Waals surface area (Å²) >= 11 is 0. The molecule has 2 aliphatic heterocycles. The van der Waals surface area contributed by atoms with E-state index < -0.39 is 0 Å². The van der Waals surface area contributed by atoms with Gasteiger partial charge in [-0.05, 0) is 43.1 Å². The van der Waals surface area contributed by atoms with Gasteiger partial charge in [-0.15, -0.1) is 0 Å². The quantitative estimate of drug-likeness (QED) is 0.723. The molecule has 2 aromatic rings. The van der Waals surface area contributed by atoms with Crippen molar-refractivity contribution in [3.05, 3.63) is 59.7 Å². The summed E-state index contributed by atoms with van der Waals surface area (Å²) in [6.45, 7) is 0.626. The Morgan fingerprint density at radius 2 is 1.84 bits per heavy atom. The van der Waals surface area contributed by atoms with E-state index in [1.165, 1.54) is 32.1 Å². The van der Waals surface area contributed by atoms with Crippen molar-refractivity contribution in [2.45, 2.75) is 50.6 Å². The number of likely N-dealkylation sites (N-methyl/N-ethyl adjacent to an activating group) is 1. The minimum atomic E-state index is -0.142. The van der Waals surface area contributed by atoms with Gasteiger partial charge in [0.2, 0.25) is 6.79 Å². The van der Waals surface area contributed by atoms with Crippen LogP contribution in [0.4, 0.5) is 0 Å². The van der Waals surface area contributed by atoms with E-state index in [0.29, 0.717) is 19.0 Å². The first-order valence-corrected chi connectivity index (χ1v) is 11.2. The highest BCUT2D eigenvalue weighted by Gasteiger charge is 2.35. The zero-order valence-corrected chi connectivity index (χ0v) is 18.0. The molecule has 1 aliphatic carbocycles. The van der Waals surface area contributed by atoms with Crippen molar-refractivity contribution in [2.24, 2.45) is 5.10 Å². The van der Waals surface area contributed by atoms with Crippen LogP contribution in [0.1, 0.15) is 55.7 Å². The highest BCUT2D eigenvalue weighted by Crippen LogP contribution is 2.39. The van der Waals surface area contributed by atoms with Gasteiger partial charge in [-0.2, -0.15) is 5.10 Å². The molecular formula is C25H29N3O3. The zero-order valence-electron chi connectivity index (χ0n) is 18.0. The van der Waals surface area contributed by atoms with Gasteiger partial charge in [-0.25, -0.2) is 5.01 Å². The highest BCUT2D eigenvalue weighted by atomic mass is 16.7. The van der Waals surface area contributed by atoms with Gasteiger partial charge in [0, 0.05) is 12.5 Å². The first-order valence-electron chi connectivity index (χ1n) is 11.2. The van der Waals surface area contributed by atoms with E-state index in [4.69, 9.17) is 14.6 Å². The molecule has 0 N–H and O–H groups in total. The Morgan fingerprint density at radius 3 is 2.65 bits per heavy atom. The molecule has 0 bridgehead atoms. The van der Waals surface area contributed by atoms with Crippen LogP contribution in [0, 0.1) is 0 Å². The molecule has 0 aromatic heterocycles. The first kappa shape index (κ1) is 20.1. The molecule has 5 rings (SSSR count). The van der Waals surface area contributed by atoms with Crippen LogP contribution < -0.4 is 9.47 Å². The predicted octanol–water partition coefficient (Wildman–Crippen LogP) is 4.36. The van der Waals surface area contributed by atoms with Gasteiger partial charge in [0.15, 0.2) is 11.5 Å². The van der Waals surface area contributed by atoms with Crippen molar-refractivity contribution in [3.8, 4) is 11.5 Å². The normalized spacial score (nSPS) is 20.9. The Hall–Kier alpha value is -2.86. The molecule has 0 saturated heterocycles.